The summed E-state index contributed by atoms with van der Waals surface area (Å²) in [5.74, 6) is 0.00652. The van der Waals surface area contributed by atoms with Gasteiger partial charge in [-0.15, -0.1) is 10.2 Å². The van der Waals surface area contributed by atoms with Crippen LogP contribution in [-0.4, -0.2) is 25.6 Å². The molecule has 0 N–H and O–H groups in total. The predicted molar refractivity (Wildman–Crippen MR) is 84.8 cm³/mol. The highest BCUT2D eigenvalue weighted by atomic mass is 16.5. The molecule has 0 saturated heterocycles. The Kier molecular flexibility index (Phi) is 4.32. The van der Waals surface area contributed by atoms with Gasteiger partial charge in [-0.3, -0.25) is 9.38 Å². The second kappa shape index (κ2) is 6.56. The van der Waals surface area contributed by atoms with E-state index >= 15 is 0 Å². The van der Waals surface area contributed by atoms with Crippen molar-refractivity contribution >= 4 is 11.6 Å². The van der Waals surface area contributed by atoms with E-state index in [0.29, 0.717) is 17.1 Å². The average molecular weight is 310 g/mol. The Labute approximate surface area is 134 Å². The number of fused-ring (bicyclic) bond motifs is 1. The summed E-state index contributed by atoms with van der Waals surface area (Å²) in [7, 11) is 0. The number of hydrogen-bond donors (Lipinski definition) is 0. The molecule has 0 aromatic carbocycles. The van der Waals surface area contributed by atoms with Crippen LogP contribution < -0.4 is 0 Å². The molecule has 0 aliphatic rings. The van der Waals surface area contributed by atoms with Gasteiger partial charge in [-0.05, 0) is 36.6 Å². The van der Waals surface area contributed by atoms with Gasteiger partial charge in [0.1, 0.15) is 12.4 Å². The summed E-state index contributed by atoms with van der Waals surface area (Å²) < 4.78 is 7.39. The summed E-state index contributed by atoms with van der Waals surface area (Å²) in [5.41, 5.74) is 1.91. The minimum absolute atomic E-state index is 0.361. The van der Waals surface area contributed by atoms with Crippen LogP contribution in [0.4, 0.5) is 0 Å². The molecule has 6 nitrogen and oxygen atoms in total. The van der Waals surface area contributed by atoms with Crippen molar-refractivity contribution in [3.05, 3.63) is 60.3 Å². The van der Waals surface area contributed by atoms with Gasteiger partial charge in [-0.25, -0.2) is 4.79 Å². The lowest BCUT2D eigenvalue weighted by Crippen LogP contribution is -2.15. The van der Waals surface area contributed by atoms with E-state index in [-0.39, 0.29) is 12.1 Å². The lowest BCUT2D eigenvalue weighted by molar-refractivity contribution is 0.0236. The molecule has 0 bridgehead atoms. The zero-order valence-electron chi connectivity index (χ0n) is 13.1. The van der Waals surface area contributed by atoms with Gasteiger partial charge in [0.05, 0.1) is 11.3 Å². The van der Waals surface area contributed by atoms with Crippen molar-refractivity contribution < 1.29 is 9.53 Å². The Morgan fingerprint density at radius 2 is 2.13 bits per heavy atom. The molecular formula is C17H18N4O2. The van der Waals surface area contributed by atoms with Crippen molar-refractivity contribution in [1.29, 1.82) is 0 Å². The van der Waals surface area contributed by atoms with Crippen molar-refractivity contribution in [2.75, 3.05) is 0 Å². The number of hydrogen-bond acceptors (Lipinski definition) is 5. The smallest absolute Gasteiger partial charge is 0.340 e. The molecule has 0 radical (unpaired) electrons. The van der Waals surface area contributed by atoms with Gasteiger partial charge >= 0.3 is 5.97 Å². The number of esters is 1. The molecule has 3 aromatic rings. The van der Waals surface area contributed by atoms with Crippen molar-refractivity contribution in [2.24, 2.45) is 5.92 Å². The van der Waals surface area contributed by atoms with Gasteiger partial charge in [-0.1, -0.05) is 19.9 Å². The molecule has 3 aromatic heterocycles. The quantitative estimate of drug-likeness (QED) is 0.677. The normalized spacial score (nSPS) is 12.5. The zero-order valence-corrected chi connectivity index (χ0v) is 13.1. The van der Waals surface area contributed by atoms with E-state index in [1.54, 1.807) is 35.3 Å². The summed E-state index contributed by atoms with van der Waals surface area (Å²) >= 11 is 0. The van der Waals surface area contributed by atoms with E-state index in [1.807, 2.05) is 18.2 Å². The molecule has 3 rings (SSSR count). The first-order valence-corrected chi connectivity index (χ1v) is 7.55. The molecule has 0 aliphatic heterocycles. The standard InChI is InChI=1S/C17H18N4O2/c1-12(2)9-15(14-5-3-4-8-18-14)23-17(22)13-6-7-16-20-19-11-21(16)10-13/h3-8,10-12,15H,9H2,1-2H3. The highest BCUT2D eigenvalue weighted by Crippen LogP contribution is 2.24. The van der Waals surface area contributed by atoms with Gasteiger partial charge in [-0.2, -0.15) is 0 Å². The topological polar surface area (TPSA) is 69.4 Å². The first kappa shape index (κ1) is 15.1. The van der Waals surface area contributed by atoms with Crippen LogP contribution in [0, 0.1) is 5.92 Å². The average Bonchev–Trinajstić information content (AvgIpc) is 3.02. The van der Waals surface area contributed by atoms with Crippen molar-refractivity contribution in [2.45, 2.75) is 26.4 Å². The fourth-order valence-electron chi connectivity index (χ4n) is 2.37. The summed E-state index contributed by atoms with van der Waals surface area (Å²) in [6.07, 6.45) is 5.29. The van der Waals surface area contributed by atoms with Crippen LogP contribution in [-0.2, 0) is 4.74 Å². The van der Waals surface area contributed by atoms with E-state index in [2.05, 4.69) is 29.0 Å². The van der Waals surface area contributed by atoms with Crippen LogP contribution in [0.15, 0.2) is 49.1 Å². The fraction of sp³-hybridized carbons (Fsp3) is 0.294. The maximum Gasteiger partial charge on any atom is 0.340 e. The number of nitrogens with zero attached hydrogens (tertiary/aromatic N) is 4. The largest absolute Gasteiger partial charge is 0.452 e. The Balaban J connectivity index is 1.82. The monoisotopic (exact) mass is 310 g/mol. The third-order valence-corrected chi connectivity index (χ3v) is 3.48. The SMILES string of the molecule is CC(C)CC(OC(=O)c1ccc2nncn2c1)c1ccccn1. The Morgan fingerprint density at radius 3 is 2.87 bits per heavy atom. The molecule has 0 spiro atoms. The number of aromatic nitrogens is 4. The second-order valence-corrected chi connectivity index (χ2v) is 5.79. The number of carbonyl (C=O) groups excluding carboxylic acids is 1. The van der Waals surface area contributed by atoms with Gasteiger partial charge in [0.15, 0.2) is 5.65 Å². The van der Waals surface area contributed by atoms with Crippen LogP contribution in [0.5, 0.6) is 0 Å². The van der Waals surface area contributed by atoms with Crippen molar-refractivity contribution in [3.8, 4) is 0 Å². The molecule has 0 aliphatic carbocycles. The van der Waals surface area contributed by atoms with Crippen LogP contribution in [0.1, 0.15) is 42.4 Å². The zero-order chi connectivity index (χ0) is 16.2. The third kappa shape index (κ3) is 3.53. The van der Waals surface area contributed by atoms with Crippen LogP contribution in [0.25, 0.3) is 5.65 Å². The van der Waals surface area contributed by atoms with E-state index < -0.39 is 0 Å². The van der Waals surface area contributed by atoms with Gasteiger partial charge < -0.3 is 4.74 Å². The summed E-state index contributed by atoms with van der Waals surface area (Å²) in [5, 5.41) is 7.72. The highest BCUT2D eigenvalue weighted by molar-refractivity contribution is 5.89. The number of ether oxygens (including phenoxy) is 1. The van der Waals surface area contributed by atoms with Crippen LogP contribution >= 0.6 is 0 Å². The first-order valence-electron chi connectivity index (χ1n) is 7.55. The second-order valence-electron chi connectivity index (χ2n) is 5.79. The first-order chi connectivity index (χ1) is 11.1. The van der Waals surface area contributed by atoms with Crippen LogP contribution in [0.3, 0.4) is 0 Å². The Hall–Kier alpha value is -2.76. The van der Waals surface area contributed by atoms with Crippen LogP contribution in [0.2, 0.25) is 0 Å². The molecule has 1 atom stereocenters. The minimum atomic E-state index is -0.378. The fourth-order valence-corrected chi connectivity index (χ4v) is 2.37. The van der Waals surface area contributed by atoms with E-state index in [9.17, 15) is 4.79 Å². The molecule has 118 valence electrons. The molecule has 6 heteroatoms. The molecule has 0 amide bonds. The number of pyridine rings is 2. The molecule has 23 heavy (non-hydrogen) atoms. The van der Waals surface area contributed by atoms with Crippen molar-refractivity contribution in [1.82, 2.24) is 19.6 Å². The van der Waals surface area contributed by atoms with Gasteiger partial charge in [0, 0.05) is 12.4 Å². The maximum atomic E-state index is 12.5. The maximum absolute atomic E-state index is 12.5. The third-order valence-electron chi connectivity index (χ3n) is 3.48. The Morgan fingerprint density at radius 1 is 1.26 bits per heavy atom. The van der Waals surface area contributed by atoms with E-state index in [1.165, 1.54) is 0 Å². The van der Waals surface area contributed by atoms with Gasteiger partial charge in [0.2, 0.25) is 0 Å². The number of carbonyl (C=O) groups is 1. The van der Waals surface area contributed by atoms with Gasteiger partial charge in [0.25, 0.3) is 0 Å². The minimum Gasteiger partial charge on any atom is -0.452 e. The summed E-state index contributed by atoms with van der Waals surface area (Å²) in [4.78, 5) is 16.8. The molecule has 0 fully saturated rings. The Bertz CT molecular complexity index is 798. The lowest BCUT2D eigenvalue weighted by Gasteiger charge is -2.19. The van der Waals surface area contributed by atoms with E-state index in [4.69, 9.17) is 4.74 Å². The predicted octanol–water partition coefficient (Wildman–Crippen LogP) is 3.07. The highest BCUT2D eigenvalue weighted by Gasteiger charge is 2.20. The number of rotatable bonds is 5. The molecule has 1 unspecified atom stereocenters. The molecule has 3 heterocycles. The lowest BCUT2D eigenvalue weighted by atomic mass is 10.0. The molecular weight excluding hydrogens is 292 g/mol. The summed E-state index contributed by atoms with van der Waals surface area (Å²) in [6, 6.07) is 9.05. The van der Waals surface area contributed by atoms with Crippen molar-refractivity contribution in [3.63, 3.8) is 0 Å². The molecule has 0 saturated carbocycles. The summed E-state index contributed by atoms with van der Waals surface area (Å²) in [6.45, 7) is 4.18. The van der Waals surface area contributed by atoms with E-state index in [0.717, 1.165) is 12.1 Å².